The molecule has 0 fully saturated rings. The highest BCUT2D eigenvalue weighted by molar-refractivity contribution is 7.99. The van der Waals surface area contributed by atoms with Gasteiger partial charge in [-0.2, -0.15) is 0 Å². The van der Waals surface area contributed by atoms with Crippen molar-refractivity contribution in [2.45, 2.75) is 50.3 Å². The summed E-state index contributed by atoms with van der Waals surface area (Å²) in [5.74, 6) is 1.20. The Kier molecular flexibility index (Phi) is 6.42. The molecule has 126 valence electrons. The second kappa shape index (κ2) is 8.98. The molecule has 0 saturated heterocycles. The molecule has 0 bridgehead atoms. The van der Waals surface area contributed by atoms with Gasteiger partial charge in [-0.15, -0.1) is 11.8 Å². The molecule has 1 N–H and O–H groups in total. The van der Waals surface area contributed by atoms with E-state index in [1.54, 1.807) is 0 Å². The van der Waals surface area contributed by atoms with Gasteiger partial charge < -0.3 is 4.98 Å². The number of aromatic nitrogens is 1. The second-order valence-electron chi connectivity index (χ2n) is 6.36. The molecule has 0 spiro atoms. The van der Waals surface area contributed by atoms with Crippen molar-refractivity contribution in [1.29, 1.82) is 0 Å². The van der Waals surface area contributed by atoms with Crippen molar-refractivity contribution in [1.82, 2.24) is 4.98 Å². The van der Waals surface area contributed by atoms with Crippen LogP contribution in [0.4, 0.5) is 0 Å². The van der Waals surface area contributed by atoms with Crippen LogP contribution in [0.5, 0.6) is 0 Å². The molecule has 0 amide bonds. The monoisotopic (exact) mass is 337 g/mol. The fraction of sp³-hybridized carbons (Fsp3) is 0.364. The minimum atomic E-state index is 1.20. The van der Waals surface area contributed by atoms with Gasteiger partial charge in [0.1, 0.15) is 0 Å². The van der Waals surface area contributed by atoms with Gasteiger partial charge in [-0.05, 0) is 23.8 Å². The standard InChI is InChI=1S/C22H27NS/c1-2-3-4-5-6-12-17-24-22-19-15-10-11-16-20(19)23-21(22)18-13-8-7-9-14-18/h7-11,13-16,23H,2-6,12,17H2,1H3. The zero-order valence-electron chi connectivity index (χ0n) is 14.6. The lowest BCUT2D eigenvalue weighted by atomic mass is 10.1. The third-order valence-corrected chi connectivity index (χ3v) is 5.67. The largest absolute Gasteiger partial charge is 0.354 e. The normalized spacial score (nSPS) is 11.2. The molecule has 3 aromatic rings. The van der Waals surface area contributed by atoms with Crippen molar-refractivity contribution in [3.05, 3.63) is 54.6 Å². The Hall–Kier alpha value is -1.67. The number of para-hydroxylation sites is 1. The summed E-state index contributed by atoms with van der Waals surface area (Å²) >= 11 is 2.01. The number of aromatic amines is 1. The van der Waals surface area contributed by atoms with Crippen molar-refractivity contribution in [3.8, 4) is 11.3 Å². The van der Waals surface area contributed by atoms with E-state index < -0.39 is 0 Å². The molecule has 0 aliphatic carbocycles. The number of rotatable bonds is 9. The molecule has 0 atom stereocenters. The summed E-state index contributed by atoms with van der Waals surface area (Å²) < 4.78 is 0. The van der Waals surface area contributed by atoms with Gasteiger partial charge in [-0.3, -0.25) is 0 Å². The van der Waals surface area contributed by atoms with Crippen LogP contribution in [0.2, 0.25) is 0 Å². The fourth-order valence-electron chi connectivity index (χ4n) is 3.13. The molecule has 1 aromatic heterocycles. The molecular formula is C22H27NS. The summed E-state index contributed by atoms with van der Waals surface area (Å²) in [4.78, 5) is 5.04. The van der Waals surface area contributed by atoms with Crippen LogP contribution in [-0.4, -0.2) is 10.7 Å². The zero-order chi connectivity index (χ0) is 16.6. The van der Waals surface area contributed by atoms with Gasteiger partial charge in [0.25, 0.3) is 0 Å². The molecule has 0 saturated carbocycles. The van der Waals surface area contributed by atoms with Gasteiger partial charge in [0.15, 0.2) is 0 Å². The fourth-order valence-corrected chi connectivity index (χ4v) is 4.33. The third-order valence-electron chi connectivity index (χ3n) is 4.47. The first-order valence-corrected chi connectivity index (χ1v) is 10.2. The summed E-state index contributed by atoms with van der Waals surface area (Å²) in [6, 6.07) is 19.4. The number of hydrogen-bond acceptors (Lipinski definition) is 1. The predicted octanol–water partition coefficient (Wildman–Crippen LogP) is 7.29. The lowest BCUT2D eigenvalue weighted by Crippen LogP contribution is -1.84. The molecule has 24 heavy (non-hydrogen) atoms. The third kappa shape index (κ3) is 4.24. The molecule has 3 rings (SSSR count). The van der Waals surface area contributed by atoms with Gasteiger partial charge in [0.05, 0.1) is 5.69 Å². The van der Waals surface area contributed by atoms with Gasteiger partial charge in [-0.1, -0.05) is 87.6 Å². The summed E-state index contributed by atoms with van der Waals surface area (Å²) in [6.45, 7) is 2.28. The Morgan fingerprint density at radius 3 is 2.33 bits per heavy atom. The number of nitrogens with one attached hydrogen (secondary N) is 1. The van der Waals surface area contributed by atoms with Crippen molar-refractivity contribution >= 4 is 22.7 Å². The highest BCUT2D eigenvalue weighted by atomic mass is 32.2. The second-order valence-corrected chi connectivity index (χ2v) is 7.46. The van der Waals surface area contributed by atoms with Crippen molar-refractivity contribution < 1.29 is 0 Å². The first-order valence-electron chi connectivity index (χ1n) is 9.19. The minimum absolute atomic E-state index is 1.20. The highest BCUT2D eigenvalue weighted by Crippen LogP contribution is 2.38. The first kappa shape index (κ1) is 17.2. The minimum Gasteiger partial charge on any atom is -0.354 e. The van der Waals surface area contributed by atoms with Crippen molar-refractivity contribution in [2.75, 3.05) is 5.75 Å². The maximum atomic E-state index is 3.63. The summed E-state index contributed by atoms with van der Waals surface area (Å²) in [5.41, 5.74) is 3.79. The molecule has 0 aliphatic rings. The average Bonchev–Trinajstić information content (AvgIpc) is 3.00. The van der Waals surface area contributed by atoms with E-state index in [2.05, 4.69) is 66.5 Å². The van der Waals surface area contributed by atoms with Gasteiger partial charge >= 0.3 is 0 Å². The Morgan fingerprint density at radius 1 is 0.792 bits per heavy atom. The number of thioether (sulfide) groups is 1. The van der Waals surface area contributed by atoms with E-state index in [0.29, 0.717) is 0 Å². The molecule has 1 nitrogen and oxygen atoms in total. The maximum Gasteiger partial charge on any atom is 0.0603 e. The molecule has 0 radical (unpaired) electrons. The zero-order valence-corrected chi connectivity index (χ0v) is 15.4. The van der Waals surface area contributed by atoms with Crippen LogP contribution >= 0.6 is 11.8 Å². The number of benzene rings is 2. The summed E-state index contributed by atoms with van der Waals surface area (Å²) in [6.07, 6.45) is 8.15. The van der Waals surface area contributed by atoms with Gasteiger partial charge in [0.2, 0.25) is 0 Å². The molecule has 0 unspecified atom stereocenters. The van der Waals surface area contributed by atoms with Crippen LogP contribution in [0.15, 0.2) is 59.5 Å². The Morgan fingerprint density at radius 2 is 1.50 bits per heavy atom. The van der Waals surface area contributed by atoms with Crippen LogP contribution in [0.3, 0.4) is 0 Å². The van der Waals surface area contributed by atoms with E-state index in [9.17, 15) is 0 Å². The molecule has 2 heteroatoms. The van der Waals surface area contributed by atoms with E-state index in [1.165, 1.54) is 71.3 Å². The lowest BCUT2D eigenvalue weighted by molar-refractivity contribution is 0.627. The molecule has 2 aromatic carbocycles. The van der Waals surface area contributed by atoms with E-state index in [0.717, 1.165) is 0 Å². The maximum absolute atomic E-state index is 3.63. The lowest BCUT2D eigenvalue weighted by Gasteiger charge is -2.05. The van der Waals surface area contributed by atoms with Crippen LogP contribution < -0.4 is 0 Å². The highest BCUT2D eigenvalue weighted by Gasteiger charge is 2.12. The van der Waals surface area contributed by atoms with E-state index in [1.807, 2.05) is 11.8 Å². The predicted molar refractivity (Wildman–Crippen MR) is 108 cm³/mol. The van der Waals surface area contributed by atoms with Gasteiger partial charge in [0, 0.05) is 15.8 Å². The average molecular weight is 338 g/mol. The Labute approximate surface area is 149 Å². The Bertz CT molecular complexity index is 745. The quantitative estimate of drug-likeness (QED) is 0.320. The molecular weight excluding hydrogens is 310 g/mol. The van der Waals surface area contributed by atoms with E-state index in [-0.39, 0.29) is 0 Å². The smallest absolute Gasteiger partial charge is 0.0603 e. The van der Waals surface area contributed by atoms with Crippen LogP contribution in [0, 0.1) is 0 Å². The van der Waals surface area contributed by atoms with Crippen molar-refractivity contribution in [3.63, 3.8) is 0 Å². The van der Waals surface area contributed by atoms with Crippen molar-refractivity contribution in [2.24, 2.45) is 0 Å². The number of H-pyrrole nitrogens is 1. The summed E-state index contributed by atoms with van der Waals surface area (Å²) in [7, 11) is 0. The first-order chi connectivity index (χ1) is 11.9. The number of unbranched alkanes of at least 4 members (excludes halogenated alkanes) is 5. The Balaban J connectivity index is 1.71. The number of hydrogen-bond donors (Lipinski definition) is 1. The van der Waals surface area contributed by atoms with Gasteiger partial charge in [-0.25, -0.2) is 0 Å². The van der Waals surface area contributed by atoms with Crippen LogP contribution in [-0.2, 0) is 0 Å². The van der Waals surface area contributed by atoms with Crippen LogP contribution in [0.25, 0.3) is 22.2 Å². The van der Waals surface area contributed by atoms with Crippen LogP contribution in [0.1, 0.15) is 45.4 Å². The molecule has 1 heterocycles. The number of fused-ring (bicyclic) bond motifs is 1. The van der Waals surface area contributed by atoms with E-state index in [4.69, 9.17) is 0 Å². The van der Waals surface area contributed by atoms with E-state index >= 15 is 0 Å². The summed E-state index contributed by atoms with van der Waals surface area (Å²) in [5, 5.41) is 1.35. The SMILES string of the molecule is CCCCCCCCSc1c(-c2ccccc2)[nH]c2ccccc12. The topological polar surface area (TPSA) is 15.8 Å². The molecule has 0 aliphatic heterocycles.